The number of rotatable bonds is 6. The molecule has 4 nitrogen and oxygen atoms in total. The Morgan fingerprint density at radius 1 is 1.00 bits per heavy atom. The van der Waals surface area contributed by atoms with Crippen molar-refractivity contribution in [1.29, 1.82) is 0 Å². The first kappa shape index (κ1) is 17.4. The molecular weight excluding hydrogens is 354 g/mol. The maximum absolute atomic E-state index is 12.4. The first-order valence-corrected chi connectivity index (χ1v) is 9.63. The third-order valence-electron chi connectivity index (χ3n) is 4.24. The molecule has 1 atom stereocenters. The molecule has 0 radical (unpaired) electrons. The minimum Gasteiger partial charge on any atom is -0.671 e. The van der Waals surface area contributed by atoms with Gasteiger partial charge in [-0.2, -0.15) is 0 Å². The molecule has 27 heavy (non-hydrogen) atoms. The molecule has 3 aromatic rings. The molecule has 5 heteroatoms. The Hall–Kier alpha value is -3.05. The number of hydrogen-bond acceptors (Lipinski definition) is 4. The van der Waals surface area contributed by atoms with Gasteiger partial charge in [0.15, 0.2) is 5.78 Å². The van der Waals surface area contributed by atoms with Crippen LogP contribution in [0, 0.1) is 0 Å². The number of hydrogen-bond donors (Lipinski definition) is 1. The Labute approximate surface area is 162 Å². The Kier molecular flexibility index (Phi) is 5.21. The number of nitrogens with one attached hydrogen (secondary N) is 1. The fourth-order valence-electron chi connectivity index (χ4n) is 2.81. The van der Waals surface area contributed by atoms with E-state index in [1.807, 2.05) is 72.9 Å². The third kappa shape index (κ3) is 4.20. The van der Waals surface area contributed by atoms with E-state index in [4.69, 9.17) is 5.32 Å². The van der Waals surface area contributed by atoms with Gasteiger partial charge in [0.1, 0.15) is 0 Å². The number of pyridine rings is 1. The van der Waals surface area contributed by atoms with Crippen LogP contribution in [-0.2, 0) is 0 Å². The number of carbonyl (C=O) groups is 1. The average Bonchev–Trinajstić information content (AvgIpc) is 3.22. The highest BCUT2D eigenvalue weighted by molar-refractivity contribution is 8.02. The van der Waals surface area contributed by atoms with Gasteiger partial charge in [-0.1, -0.05) is 36.4 Å². The quantitative estimate of drug-likeness (QED) is 0.590. The van der Waals surface area contributed by atoms with Gasteiger partial charge in [-0.3, -0.25) is 9.78 Å². The Morgan fingerprint density at radius 2 is 1.78 bits per heavy atom. The van der Waals surface area contributed by atoms with Gasteiger partial charge >= 0.3 is 0 Å². The van der Waals surface area contributed by atoms with Crippen LogP contribution >= 0.6 is 11.8 Å². The molecular formula is C22H18N3OS-. The van der Waals surface area contributed by atoms with Gasteiger partial charge in [0.25, 0.3) is 0 Å². The summed E-state index contributed by atoms with van der Waals surface area (Å²) in [5.41, 5.74) is 4.47. The van der Waals surface area contributed by atoms with Crippen LogP contribution in [0.25, 0.3) is 5.32 Å². The molecule has 2 heterocycles. The Balaban J connectivity index is 1.33. The lowest BCUT2D eigenvalue weighted by Crippen LogP contribution is -2.05. The summed E-state index contributed by atoms with van der Waals surface area (Å²) in [6, 6.07) is 20.9. The van der Waals surface area contributed by atoms with E-state index in [1.54, 1.807) is 18.0 Å². The molecule has 0 amide bonds. The molecule has 2 aromatic carbocycles. The lowest BCUT2D eigenvalue weighted by Gasteiger charge is -2.27. The highest BCUT2D eigenvalue weighted by atomic mass is 32.2. The molecule has 1 N–H and O–H groups in total. The Bertz CT molecular complexity index is 940. The second-order valence-electron chi connectivity index (χ2n) is 6.14. The second-order valence-corrected chi connectivity index (χ2v) is 7.09. The summed E-state index contributed by atoms with van der Waals surface area (Å²) in [6.07, 6.45) is 3.62. The van der Waals surface area contributed by atoms with Crippen LogP contribution in [0.15, 0.2) is 90.2 Å². The van der Waals surface area contributed by atoms with Crippen LogP contribution in [0.4, 0.5) is 5.69 Å². The zero-order chi connectivity index (χ0) is 18.5. The lowest BCUT2D eigenvalue weighted by atomic mass is 10.0. The van der Waals surface area contributed by atoms with Crippen molar-refractivity contribution < 1.29 is 4.79 Å². The molecule has 0 bridgehead atoms. The maximum atomic E-state index is 12.4. The van der Waals surface area contributed by atoms with Crippen LogP contribution in [0.3, 0.4) is 0 Å². The van der Waals surface area contributed by atoms with Crippen molar-refractivity contribution in [1.82, 2.24) is 4.98 Å². The van der Waals surface area contributed by atoms with Crippen molar-refractivity contribution >= 4 is 23.2 Å². The summed E-state index contributed by atoms with van der Waals surface area (Å²) in [6.45, 7) is 0.649. The fourth-order valence-corrected chi connectivity index (χ4v) is 3.73. The summed E-state index contributed by atoms with van der Waals surface area (Å²) in [5, 5.41) is 10.3. The van der Waals surface area contributed by atoms with E-state index in [0.717, 1.165) is 16.9 Å². The van der Waals surface area contributed by atoms with Crippen molar-refractivity contribution in [2.75, 3.05) is 11.9 Å². The minimum atomic E-state index is 0.0337. The van der Waals surface area contributed by atoms with E-state index in [0.29, 0.717) is 17.7 Å². The molecule has 0 fully saturated rings. The topological polar surface area (TPSA) is 56.1 Å². The minimum absolute atomic E-state index is 0.0337. The van der Waals surface area contributed by atoms with Crippen LogP contribution in [0.5, 0.6) is 0 Å². The van der Waals surface area contributed by atoms with Crippen molar-refractivity contribution in [3.05, 3.63) is 112 Å². The summed E-state index contributed by atoms with van der Waals surface area (Å²) in [4.78, 5) is 16.6. The summed E-state index contributed by atoms with van der Waals surface area (Å²) in [5.74, 6) is 0.0337. The summed E-state index contributed by atoms with van der Waals surface area (Å²) >= 11 is 1.69. The standard InChI is InChI=1S/C22H18N3OS/c26-21(16-5-2-1-3-6-16)17-8-10-19(11-9-17)24-14-20-15-27-22(25-20)18-7-4-12-23-13-18/h1-13,15,22H,14H2,(H,24,26)/q-1. The number of carbonyl (C=O) groups excluding carboxylic acids is 1. The van der Waals surface area contributed by atoms with E-state index in [1.165, 1.54) is 0 Å². The number of anilines is 1. The number of benzene rings is 2. The zero-order valence-electron chi connectivity index (χ0n) is 14.6. The van der Waals surface area contributed by atoms with Gasteiger partial charge in [-0.15, -0.1) is 17.5 Å². The number of thioether (sulfide) groups is 1. The average molecular weight is 372 g/mol. The van der Waals surface area contributed by atoms with E-state index in [-0.39, 0.29) is 11.2 Å². The third-order valence-corrected chi connectivity index (χ3v) is 5.29. The maximum Gasteiger partial charge on any atom is 0.193 e. The molecule has 0 saturated heterocycles. The molecule has 4 rings (SSSR count). The van der Waals surface area contributed by atoms with Crippen LogP contribution < -0.4 is 5.32 Å². The largest absolute Gasteiger partial charge is 0.671 e. The normalized spacial score (nSPS) is 15.7. The summed E-state index contributed by atoms with van der Waals surface area (Å²) in [7, 11) is 0. The predicted molar refractivity (Wildman–Crippen MR) is 111 cm³/mol. The van der Waals surface area contributed by atoms with E-state index >= 15 is 0 Å². The van der Waals surface area contributed by atoms with Crippen molar-refractivity contribution in [2.45, 2.75) is 5.37 Å². The molecule has 1 aliphatic heterocycles. The number of nitrogens with zero attached hydrogens (tertiary/aromatic N) is 2. The van der Waals surface area contributed by atoms with Gasteiger partial charge in [0.05, 0.1) is 0 Å². The second kappa shape index (κ2) is 8.10. The van der Waals surface area contributed by atoms with Crippen molar-refractivity contribution in [3.8, 4) is 0 Å². The van der Waals surface area contributed by atoms with Crippen LogP contribution in [-0.4, -0.2) is 17.3 Å². The predicted octanol–water partition coefficient (Wildman–Crippen LogP) is 5.39. The SMILES string of the molecule is O=C(c1ccccc1)c1ccc(NCC2=CSC(c3cccnc3)[N-]2)cc1. The monoisotopic (exact) mass is 372 g/mol. The van der Waals surface area contributed by atoms with Crippen molar-refractivity contribution in [2.24, 2.45) is 0 Å². The van der Waals surface area contributed by atoms with Crippen molar-refractivity contribution in [3.63, 3.8) is 0 Å². The molecule has 1 unspecified atom stereocenters. The lowest BCUT2D eigenvalue weighted by molar-refractivity contribution is 0.103. The van der Waals surface area contributed by atoms with Gasteiger partial charge < -0.3 is 10.6 Å². The smallest absolute Gasteiger partial charge is 0.193 e. The van der Waals surface area contributed by atoms with E-state index in [9.17, 15) is 4.79 Å². The van der Waals surface area contributed by atoms with Gasteiger partial charge in [0, 0.05) is 35.8 Å². The molecule has 0 aliphatic carbocycles. The van der Waals surface area contributed by atoms with Crippen LogP contribution in [0.1, 0.15) is 26.9 Å². The first-order chi connectivity index (χ1) is 13.3. The molecule has 0 saturated carbocycles. The highest BCUT2D eigenvalue weighted by Crippen LogP contribution is 2.43. The Morgan fingerprint density at radius 3 is 2.52 bits per heavy atom. The fraction of sp³-hybridized carbons (Fsp3) is 0.0909. The first-order valence-electron chi connectivity index (χ1n) is 8.68. The molecule has 134 valence electrons. The van der Waals surface area contributed by atoms with Crippen LogP contribution in [0.2, 0.25) is 0 Å². The highest BCUT2D eigenvalue weighted by Gasteiger charge is 2.09. The van der Waals surface area contributed by atoms with E-state index < -0.39 is 0 Å². The molecule has 1 aliphatic rings. The number of aromatic nitrogens is 1. The summed E-state index contributed by atoms with van der Waals surface area (Å²) < 4.78 is 0. The van der Waals surface area contributed by atoms with E-state index in [2.05, 4.69) is 15.7 Å². The molecule has 0 spiro atoms. The van der Waals surface area contributed by atoms with Gasteiger partial charge in [0.2, 0.25) is 0 Å². The van der Waals surface area contributed by atoms with Gasteiger partial charge in [-0.05, 0) is 46.7 Å². The number of ketones is 1. The zero-order valence-corrected chi connectivity index (χ0v) is 15.4. The molecule has 1 aromatic heterocycles. The van der Waals surface area contributed by atoms with Gasteiger partial charge in [-0.25, -0.2) is 0 Å².